The number of carbonyl (C=O) groups excluding carboxylic acids is 1. The number of rotatable bonds is 6. The molecule has 0 aliphatic carbocycles. The number of piperazine rings is 1. The molecule has 1 saturated heterocycles. The van der Waals surface area contributed by atoms with Crippen LogP contribution in [-0.4, -0.2) is 50.1 Å². The fourth-order valence-corrected chi connectivity index (χ4v) is 3.19. The Balaban J connectivity index is 1.35. The summed E-state index contributed by atoms with van der Waals surface area (Å²) in [6.45, 7) is 4.89. The molecular weight excluding hydrogens is 334 g/mol. The molecule has 132 valence electrons. The van der Waals surface area contributed by atoms with E-state index in [-0.39, 0.29) is 5.91 Å². The van der Waals surface area contributed by atoms with Gasteiger partial charge in [-0.1, -0.05) is 41.9 Å². The smallest absolute Gasteiger partial charge is 0.234 e. The van der Waals surface area contributed by atoms with Crippen LogP contribution in [0.15, 0.2) is 54.6 Å². The summed E-state index contributed by atoms with van der Waals surface area (Å²) in [5, 5.41) is 3.75. The van der Waals surface area contributed by atoms with Crippen molar-refractivity contribution in [1.82, 2.24) is 10.2 Å². The van der Waals surface area contributed by atoms with Gasteiger partial charge in [-0.05, 0) is 36.2 Å². The molecule has 0 spiro atoms. The highest BCUT2D eigenvalue weighted by Gasteiger charge is 2.18. The minimum Gasteiger partial charge on any atom is -0.369 e. The molecule has 4 nitrogen and oxygen atoms in total. The fourth-order valence-electron chi connectivity index (χ4n) is 3.06. The SMILES string of the molecule is O=C(CN1CCN(c2ccccc2)CC1)NCCc1ccc(Cl)cc1. The van der Waals surface area contributed by atoms with E-state index in [1.165, 1.54) is 11.3 Å². The second kappa shape index (κ2) is 8.88. The summed E-state index contributed by atoms with van der Waals surface area (Å²) in [7, 11) is 0. The normalized spacial score (nSPS) is 15.2. The highest BCUT2D eigenvalue weighted by Crippen LogP contribution is 2.15. The predicted molar refractivity (Wildman–Crippen MR) is 103 cm³/mol. The number of nitrogens with one attached hydrogen (secondary N) is 1. The molecule has 2 aromatic carbocycles. The van der Waals surface area contributed by atoms with Crippen molar-refractivity contribution in [1.29, 1.82) is 0 Å². The molecule has 1 aliphatic rings. The molecule has 0 bridgehead atoms. The van der Waals surface area contributed by atoms with E-state index in [0.717, 1.165) is 37.6 Å². The zero-order valence-electron chi connectivity index (χ0n) is 14.3. The zero-order chi connectivity index (χ0) is 17.5. The van der Waals surface area contributed by atoms with Crippen LogP contribution in [-0.2, 0) is 11.2 Å². The Morgan fingerprint density at radius 2 is 1.64 bits per heavy atom. The first-order valence-electron chi connectivity index (χ1n) is 8.74. The average Bonchev–Trinajstić information content (AvgIpc) is 2.65. The van der Waals surface area contributed by atoms with Crippen LogP contribution in [0.1, 0.15) is 5.56 Å². The van der Waals surface area contributed by atoms with Crippen molar-refractivity contribution in [2.24, 2.45) is 0 Å². The van der Waals surface area contributed by atoms with Crippen LogP contribution < -0.4 is 10.2 Å². The molecule has 0 saturated carbocycles. The van der Waals surface area contributed by atoms with Gasteiger partial charge in [0, 0.05) is 43.4 Å². The van der Waals surface area contributed by atoms with Crippen LogP contribution in [0.25, 0.3) is 0 Å². The monoisotopic (exact) mass is 357 g/mol. The Hall–Kier alpha value is -2.04. The van der Waals surface area contributed by atoms with Crippen molar-refractivity contribution in [3.05, 3.63) is 65.2 Å². The van der Waals surface area contributed by atoms with E-state index in [1.807, 2.05) is 30.3 Å². The van der Waals surface area contributed by atoms with Gasteiger partial charge in [-0.2, -0.15) is 0 Å². The van der Waals surface area contributed by atoms with E-state index < -0.39 is 0 Å². The first-order chi connectivity index (χ1) is 12.2. The van der Waals surface area contributed by atoms with E-state index >= 15 is 0 Å². The molecule has 0 unspecified atom stereocenters. The first kappa shape index (κ1) is 17.8. The van der Waals surface area contributed by atoms with Crippen LogP contribution in [0, 0.1) is 0 Å². The number of carbonyl (C=O) groups is 1. The van der Waals surface area contributed by atoms with Gasteiger partial charge in [0.05, 0.1) is 6.54 Å². The Bertz CT molecular complexity index is 667. The van der Waals surface area contributed by atoms with E-state index in [2.05, 4.69) is 39.4 Å². The third kappa shape index (κ3) is 5.48. The van der Waals surface area contributed by atoms with Crippen LogP contribution in [0.2, 0.25) is 5.02 Å². The number of benzene rings is 2. The first-order valence-corrected chi connectivity index (χ1v) is 9.12. The largest absolute Gasteiger partial charge is 0.369 e. The minimum absolute atomic E-state index is 0.0992. The van der Waals surface area contributed by atoms with Gasteiger partial charge in [-0.25, -0.2) is 0 Å². The number of hydrogen-bond donors (Lipinski definition) is 1. The standard InChI is InChI=1S/C20H24ClN3O/c21-18-8-6-17(7-9-18)10-11-22-20(25)16-23-12-14-24(15-13-23)19-4-2-1-3-5-19/h1-9H,10-16H2,(H,22,25). The number of para-hydroxylation sites is 1. The van der Waals surface area contributed by atoms with Crippen molar-refractivity contribution < 1.29 is 4.79 Å². The highest BCUT2D eigenvalue weighted by atomic mass is 35.5. The van der Waals surface area contributed by atoms with Gasteiger partial charge in [0.2, 0.25) is 5.91 Å². The lowest BCUT2D eigenvalue weighted by molar-refractivity contribution is -0.122. The second-order valence-corrected chi connectivity index (χ2v) is 6.76. The molecule has 1 fully saturated rings. The summed E-state index contributed by atoms with van der Waals surface area (Å²) < 4.78 is 0. The summed E-state index contributed by atoms with van der Waals surface area (Å²) in [4.78, 5) is 16.7. The second-order valence-electron chi connectivity index (χ2n) is 6.33. The summed E-state index contributed by atoms with van der Waals surface area (Å²) in [6.07, 6.45) is 0.824. The van der Waals surface area contributed by atoms with Crippen LogP contribution >= 0.6 is 11.6 Å². The number of hydrogen-bond acceptors (Lipinski definition) is 3. The van der Waals surface area contributed by atoms with Crippen molar-refractivity contribution >= 4 is 23.2 Å². The molecule has 25 heavy (non-hydrogen) atoms. The van der Waals surface area contributed by atoms with Crippen molar-refractivity contribution in [3.63, 3.8) is 0 Å². The van der Waals surface area contributed by atoms with Gasteiger partial charge < -0.3 is 10.2 Å². The Morgan fingerprint density at radius 3 is 2.32 bits per heavy atom. The van der Waals surface area contributed by atoms with Crippen molar-refractivity contribution in [2.75, 3.05) is 44.2 Å². The molecule has 0 radical (unpaired) electrons. The van der Waals surface area contributed by atoms with E-state index in [9.17, 15) is 4.79 Å². The van der Waals surface area contributed by atoms with Gasteiger partial charge >= 0.3 is 0 Å². The highest BCUT2D eigenvalue weighted by molar-refractivity contribution is 6.30. The van der Waals surface area contributed by atoms with E-state index in [4.69, 9.17) is 11.6 Å². The molecular formula is C20H24ClN3O. The molecule has 1 amide bonds. The maximum absolute atomic E-state index is 12.1. The lowest BCUT2D eigenvalue weighted by Crippen LogP contribution is -2.49. The summed E-state index contributed by atoms with van der Waals surface area (Å²) >= 11 is 5.88. The molecule has 2 aromatic rings. The number of amides is 1. The van der Waals surface area contributed by atoms with E-state index in [0.29, 0.717) is 13.1 Å². The van der Waals surface area contributed by atoms with Gasteiger partial charge in [0.15, 0.2) is 0 Å². The van der Waals surface area contributed by atoms with Gasteiger partial charge in [0.25, 0.3) is 0 Å². The topological polar surface area (TPSA) is 35.6 Å². The van der Waals surface area contributed by atoms with Gasteiger partial charge in [-0.15, -0.1) is 0 Å². The summed E-state index contributed by atoms with van der Waals surface area (Å²) in [5.74, 6) is 0.0992. The zero-order valence-corrected chi connectivity index (χ0v) is 15.1. The molecule has 1 aliphatic heterocycles. The Kier molecular flexibility index (Phi) is 6.31. The summed E-state index contributed by atoms with van der Waals surface area (Å²) in [5.41, 5.74) is 2.44. The summed E-state index contributed by atoms with van der Waals surface area (Å²) in [6, 6.07) is 18.2. The molecule has 0 aromatic heterocycles. The fraction of sp³-hybridized carbons (Fsp3) is 0.350. The lowest BCUT2D eigenvalue weighted by atomic mass is 10.1. The van der Waals surface area contributed by atoms with Gasteiger partial charge in [-0.3, -0.25) is 9.69 Å². The molecule has 1 heterocycles. The number of halogens is 1. The Labute approximate surface area is 154 Å². The maximum Gasteiger partial charge on any atom is 0.234 e. The van der Waals surface area contributed by atoms with Crippen molar-refractivity contribution in [2.45, 2.75) is 6.42 Å². The van der Waals surface area contributed by atoms with Gasteiger partial charge in [0.1, 0.15) is 0 Å². The average molecular weight is 358 g/mol. The van der Waals surface area contributed by atoms with Crippen LogP contribution in [0.4, 0.5) is 5.69 Å². The molecule has 5 heteroatoms. The van der Waals surface area contributed by atoms with Crippen LogP contribution in [0.3, 0.4) is 0 Å². The molecule has 0 atom stereocenters. The third-order valence-corrected chi connectivity index (χ3v) is 4.76. The molecule has 1 N–H and O–H groups in total. The molecule has 3 rings (SSSR count). The number of nitrogens with zero attached hydrogens (tertiary/aromatic N) is 2. The third-order valence-electron chi connectivity index (χ3n) is 4.51. The van der Waals surface area contributed by atoms with Crippen LogP contribution in [0.5, 0.6) is 0 Å². The quantitative estimate of drug-likeness (QED) is 0.863. The van der Waals surface area contributed by atoms with Crippen molar-refractivity contribution in [3.8, 4) is 0 Å². The predicted octanol–water partition coefficient (Wildman–Crippen LogP) is 2.82. The minimum atomic E-state index is 0.0992. The van der Waals surface area contributed by atoms with E-state index in [1.54, 1.807) is 0 Å². The maximum atomic E-state index is 12.1. The Morgan fingerprint density at radius 1 is 0.960 bits per heavy atom. The lowest BCUT2D eigenvalue weighted by Gasteiger charge is -2.35. The number of anilines is 1.